The second-order valence-electron chi connectivity index (χ2n) is 7.32. The fourth-order valence-electron chi connectivity index (χ4n) is 5.42. The van der Waals surface area contributed by atoms with Gasteiger partial charge in [0.15, 0.2) is 0 Å². The molecule has 0 radical (unpaired) electrons. The number of carbonyl (C=O) groups is 1. The van der Waals surface area contributed by atoms with Crippen LogP contribution in [-0.2, 0) is 9.53 Å². The van der Waals surface area contributed by atoms with E-state index in [1.165, 1.54) is 19.8 Å². The van der Waals surface area contributed by atoms with Crippen LogP contribution in [0.15, 0.2) is 0 Å². The lowest BCUT2D eigenvalue weighted by Crippen LogP contribution is -2.42. The summed E-state index contributed by atoms with van der Waals surface area (Å²) in [4.78, 5) is 11.3. The van der Waals surface area contributed by atoms with Gasteiger partial charge >= 0.3 is 5.97 Å². The number of fused-ring (bicyclic) bond motifs is 5. The van der Waals surface area contributed by atoms with Crippen molar-refractivity contribution >= 4 is 5.97 Å². The predicted molar refractivity (Wildman–Crippen MR) is 70.9 cm³/mol. The zero-order chi connectivity index (χ0) is 13.8. The number of nitrogens with zero attached hydrogens (tertiary/aromatic N) is 1. The van der Waals surface area contributed by atoms with Crippen molar-refractivity contribution in [2.24, 2.45) is 35.5 Å². The number of carbonyl (C=O) groups excluding carboxylic acids is 1. The van der Waals surface area contributed by atoms with Gasteiger partial charge < -0.3 is 4.74 Å². The molecule has 0 spiro atoms. The first-order valence-electron chi connectivity index (χ1n) is 7.51. The van der Waals surface area contributed by atoms with Crippen molar-refractivity contribution < 1.29 is 9.53 Å². The smallest absolute Gasteiger partial charge is 0.303 e. The van der Waals surface area contributed by atoms with E-state index in [4.69, 9.17) is 10.00 Å². The highest BCUT2D eigenvalue weighted by Gasteiger charge is 2.59. The molecule has 0 amide bonds. The molecule has 2 bridgehead atoms. The molecule has 0 aliphatic heterocycles. The van der Waals surface area contributed by atoms with Crippen LogP contribution in [0.5, 0.6) is 0 Å². The molecule has 104 valence electrons. The number of nitriles is 1. The van der Waals surface area contributed by atoms with Gasteiger partial charge in [-0.15, -0.1) is 0 Å². The summed E-state index contributed by atoms with van der Waals surface area (Å²) in [7, 11) is 0. The lowest BCUT2D eigenvalue weighted by Gasteiger charge is -2.40. The van der Waals surface area contributed by atoms with Gasteiger partial charge in [-0.3, -0.25) is 4.79 Å². The lowest BCUT2D eigenvalue weighted by molar-refractivity contribution is -0.162. The Morgan fingerprint density at radius 1 is 1.16 bits per heavy atom. The highest BCUT2D eigenvalue weighted by atomic mass is 16.6. The van der Waals surface area contributed by atoms with Crippen LogP contribution in [0.3, 0.4) is 0 Å². The molecule has 6 unspecified atom stereocenters. The fraction of sp³-hybridized carbons (Fsp3) is 0.875. The maximum Gasteiger partial charge on any atom is 0.303 e. The molecule has 3 nitrogen and oxygen atoms in total. The van der Waals surface area contributed by atoms with Crippen molar-refractivity contribution in [3.63, 3.8) is 0 Å². The van der Waals surface area contributed by atoms with Crippen LogP contribution in [0.4, 0.5) is 0 Å². The van der Waals surface area contributed by atoms with E-state index in [1.807, 2.05) is 0 Å². The zero-order valence-electron chi connectivity index (χ0n) is 12.1. The summed E-state index contributed by atoms with van der Waals surface area (Å²) in [5.41, 5.74) is -0.346. The molecule has 3 aliphatic carbocycles. The van der Waals surface area contributed by atoms with Crippen LogP contribution >= 0.6 is 0 Å². The molecule has 0 aromatic carbocycles. The average Bonchev–Trinajstić information content (AvgIpc) is 2.97. The van der Waals surface area contributed by atoms with Gasteiger partial charge in [0.1, 0.15) is 5.60 Å². The maximum absolute atomic E-state index is 11.3. The lowest BCUT2D eigenvalue weighted by atomic mass is 9.70. The van der Waals surface area contributed by atoms with E-state index in [0.29, 0.717) is 17.8 Å². The van der Waals surface area contributed by atoms with Gasteiger partial charge in [-0.25, -0.2) is 0 Å². The summed E-state index contributed by atoms with van der Waals surface area (Å²) >= 11 is 0. The Balaban J connectivity index is 1.76. The first kappa shape index (κ1) is 13.0. The number of rotatable bonds is 2. The molecule has 0 aromatic rings. The van der Waals surface area contributed by atoms with Gasteiger partial charge in [-0.05, 0) is 63.2 Å². The number of ether oxygens (including phenoxy) is 1. The molecule has 3 heteroatoms. The van der Waals surface area contributed by atoms with Crippen molar-refractivity contribution in [2.45, 2.75) is 52.1 Å². The molecule has 3 fully saturated rings. The van der Waals surface area contributed by atoms with Gasteiger partial charge in [-0.2, -0.15) is 5.26 Å². The SMILES string of the molecule is CC(=O)OC(C)(C)C1CC2CC1C1CC(C#N)CC21. The van der Waals surface area contributed by atoms with Gasteiger partial charge in [-0.1, -0.05) is 0 Å². The summed E-state index contributed by atoms with van der Waals surface area (Å²) in [6, 6.07) is 2.46. The topological polar surface area (TPSA) is 50.1 Å². The zero-order valence-corrected chi connectivity index (χ0v) is 12.1. The summed E-state index contributed by atoms with van der Waals surface area (Å²) in [5, 5.41) is 9.14. The number of hydrogen-bond acceptors (Lipinski definition) is 3. The Bertz CT molecular complexity index is 437. The minimum atomic E-state index is -0.346. The summed E-state index contributed by atoms with van der Waals surface area (Å²) in [6.07, 6.45) is 4.67. The monoisotopic (exact) mass is 261 g/mol. The molecular formula is C16H23NO2. The highest BCUT2D eigenvalue weighted by Crippen LogP contribution is 2.64. The summed E-state index contributed by atoms with van der Waals surface area (Å²) in [6.45, 7) is 5.62. The van der Waals surface area contributed by atoms with Crippen molar-refractivity contribution in [2.75, 3.05) is 0 Å². The van der Waals surface area contributed by atoms with Crippen LogP contribution in [-0.4, -0.2) is 11.6 Å². The Morgan fingerprint density at radius 2 is 1.84 bits per heavy atom. The average molecular weight is 261 g/mol. The molecule has 3 aliphatic rings. The first-order valence-corrected chi connectivity index (χ1v) is 7.51. The minimum Gasteiger partial charge on any atom is -0.460 e. The van der Waals surface area contributed by atoms with Gasteiger partial charge in [0.2, 0.25) is 0 Å². The van der Waals surface area contributed by atoms with Crippen LogP contribution in [0, 0.1) is 46.8 Å². The summed E-state index contributed by atoms with van der Waals surface area (Å²) in [5.74, 6) is 3.51. The molecule has 0 heterocycles. The fourth-order valence-corrected chi connectivity index (χ4v) is 5.42. The van der Waals surface area contributed by atoms with E-state index in [1.54, 1.807) is 0 Å². The third-order valence-corrected chi connectivity index (χ3v) is 5.95. The Hall–Kier alpha value is -1.04. The first-order chi connectivity index (χ1) is 8.92. The Labute approximate surface area is 115 Å². The summed E-state index contributed by atoms with van der Waals surface area (Å²) < 4.78 is 5.57. The van der Waals surface area contributed by atoms with E-state index in [9.17, 15) is 4.79 Å². The van der Waals surface area contributed by atoms with Gasteiger partial charge in [0, 0.05) is 18.8 Å². The Morgan fingerprint density at radius 3 is 2.47 bits per heavy atom. The quantitative estimate of drug-likeness (QED) is 0.717. The van der Waals surface area contributed by atoms with Gasteiger partial charge in [0.05, 0.1) is 6.07 Å². The third kappa shape index (κ3) is 1.96. The van der Waals surface area contributed by atoms with Crippen molar-refractivity contribution in [3.8, 4) is 6.07 Å². The van der Waals surface area contributed by atoms with E-state index >= 15 is 0 Å². The van der Waals surface area contributed by atoms with Crippen LogP contribution in [0.1, 0.15) is 46.5 Å². The molecule has 19 heavy (non-hydrogen) atoms. The number of hydrogen-bond donors (Lipinski definition) is 0. The Kier molecular flexibility index (Phi) is 2.89. The highest BCUT2D eigenvalue weighted by molar-refractivity contribution is 5.66. The second-order valence-corrected chi connectivity index (χ2v) is 7.32. The van der Waals surface area contributed by atoms with E-state index in [0.717, 1.165) is 24.7 Å². The maximum atomic E-state index is 11.3. The van der Waals surface area contributed by atoms with Crippen molar-refractivity contribution in [3.05, 3.63) is 0 Å². The minimum absolute atomic E-state index is 0.175. The predicted octanol–water partition coefficient (Wildman–Crippen LogP) is 3.15. The van der Waals surface area contributed by atoms with Gasteiger partial charge in [0.25, 0.3) is 0 Å². The van der Waals surface area contributed by atoms with Crippen LogP contribution < -0.4 is 0 Å². The second kappa shape index (κ2) is 4.23. The van der Waals surface area contributed by atoms with Crippen molar-refractivity contribution in [1.82, 2.24) is 0 Å². The van der Waals surface area contributed by atoms with E-state index in [2.05, 4.69) is 19.9 Å². The molecule has 6 atom stereocenters. The molecule has 3 rings (SSSR count). The largest absolute Gasteiger partial charge is 0.460 e. The van der Waals surface area contributed by atoms with Crippen molar-refractivity contribution in [1.29, 1.82) is 5.26 Å². The normalized spacial score (nSPS) is 43.9. The number of esters is 1. The molecule has 0 N–H and O–H groups in total. The molecule has 0 saturated heterocycles. The third-order valence-electron chi connectivity index (χ3n) is 5.95. The van der Waals surface area contributed by atoms with E-state index in [-0.39, 0.29) is 17.5 Å². The standard InChI is InChI=1S/C16H23NO2/c1-9(18)19-16(2,3)15-7-11-6-14(15)13-5-10(8-17)4-12(11)13/h10-15H,4-7H2,1-3H3. The van der Waals surface area contributed by atoms with Crippen LogP contribution in [0.2, 0.25) is 0 Å². The molecule has 3 saturated carbocycles. The molecule has 0 aromatic heterocycles. The van der Waals surface area contributed by atoms with Crippen LogP contribution in [0.25, 0.3) is 0 Å². The molecular weight excluding hydrogens is 238 g/mol. The van der Waals surface area contributed by atoms with E-state index < -0.39 is 0 Å².